The maximum Gasteiger partial charge on any atom is 0.238 e. The van der Waals surface area contributed by atoms with Crippen LogP contribution in [0.4, 0.5) is 5.13 Å². The molecule has 1 saturated heterocycles. The second-order valence-corrected chi connectivity index (χ2v) is 5.62. The number of aromatic nitrogens is 3. The van der Waals surface area contributed by atoms with E-state index in [0.29, 0.717) is 13.0 Å². The predicted octanol–water partition coefficient (Wildman–Crippen LogP) is -0.963. The molecule has 78 valence electrons. The SMILES string of the molecule is O=S(=O)(Nc1nnns1)C1CCNC1. The van der Waals surface area contributed by atoms with E-state index in [4.69, 9.17) is 0 Å². The van der Waals surface area contributed by atoms with Crippen LogP contribution in [0.2, 0.25) is 0 Å². The molecule has 1 aliphatic rings. The molecule has 14 heavy (non-hydrogen) atoms. The van der Waals surface area contributed by atoms with Crippen LogP contribution >= 0.6 is 11.5 Å². The number of nitrogens with zero attached hydrogens (tertiary/aromatic N) is 3. The van der Waals surface area contributed by atoms with Gasteiger partial charge in [-0.15, -0.1) is 0 Å². The standard InChI is InChI=1S/C5H9N5O2S2/c11-14(12,4-1-2-6-3-4)8-5-7-9-10-13-5/h4,6H,1-3H2,(H,7,8,10). The average molecular weight is 235 g/mol. The minimum Gasteiger partial charge on any atom is -0.315 e. The third-order valence-electron chi connectivity index (χ3n) is 1.98. The van der Waals surface area contributed by atoms with Crippen LogP contribution in [0, 0.1) is 0 Å². The van der Waals surface area contributed by atoms with Gasteiger partial charge in [0.05, 0.1) is 5.25 Å². The third kappa shape index (κ3) is 1.99. The number of sulfonamides is 1. The van der Waals surface area contributed by atoms with Gasteiger partial charge in [0, 0.05) is 18.1 Å². The summed E-state index contributed by atoms with van der Waals surface area (Å²) in [4.78, 5) is 0. The van der Waals surface area contributed by atoms with Crippen LogP contribution in [0.25, 0.3) is 0 Å². The van der Waals surface area contributed by atoms with E-state index in [2.05, 4.69) is 24.8 Å². The lowest BCUT2D eigenvalue weighted by Gasteiger charge is -2.09. The lowest BCUT2D eigenvalue weighted by molar-refractivity contribution is 0.588. The number of rotatable bonds is 3. The zero-order chi connectivity index (χ0) is 10.0. The molecule has 9 heteroatoms. The Morgan fingerprint density at radius 3 is 3.00 bits per heavy atom. The number of hydrogen-bond acceptors (Lipinski definition) is 7. The minimum absolute atomic E-state index is 0.219. The number of anilines is 1. The van der Waals surface area contributed by atoms with Crippen molar-refractivity contribution in [1.82, 2.24) is 20.1 Å². The maximum atomic E-state index is 11.7. The molecule has 2 rings (SSSR count). The topological polar surface area (TPSA) is 96.9 Å². The highest BCUT2D eigenvalue weighted by Gasteiger charge is 2.29. The predicted molar refractivity (Wildman–Crippen MR) is 51.5 cm³/mol. The first-order chi connectivity index (χ1) is 6.68. The van der Waals surface area contributed by atoms with E-state index in [0.717, 1.165) is 18.1 Å². The van der Waals surface area contributed by atoms with E-state index in [-0.39, 0.29) is 10.4 Å². The first-order valence-electron chi connectivity index (χ1n) is 4.06. The molecular formula is C5H9N5O2S2. The molecule has 0 aromatic carbocycles. The molecule has 1 atom stereocenters. The summed E-state index contributed by atoms with van der Waals surface area (Å²) in [7, 11) is -3.33. The molecule has 1 aromatic heterocycles. The van der Waals surface area contributed by atoms with Crippen molar-refractivity contribution >= 4 is 26.7 Å². The van der Waals surface area contributed by atoms with Crippen LogP contribution in [0.3, 0.4) is 0 Å². The Kier molecular flexibility index (Phi) is 2.61. The molecule has 1 aromatic rings. The van der Waals surface area contributed by atoms with Crippen LogP contribution in [0.5, 0.6) is 0 Å². The fraction of sp³-hybridized carbons (Fsp3) is 0.800. The molecule has 2 heterocycles. The van der Waals surface area contributed by atoms with Gasteiger partial charge in [0.1, 0.15) is 0 Å². The fourth-order valence-corrected chi connectivity index (χ4v) is 3.21. The van der Waals surface area contributed by atoms with Crippen molar-refractivity contribution in [3.05, 3.63) is 0 Å². The van der Waals surface area contributed by atoms with E-state index >= 15 is 0 Å². The fourth-order valence-electron chi connectivity index (χ4n) is 1.27. The lowest BCUT2D eigenvalue weighted by atomic mass is 10.4. The van der Waals surface area contributed by atoms with Gasteiger partial charge in [-0.05, 0) is 18.2 Å². The van der Waals surface area contributed by atoms with Crippen molar-refractivity contribution in [3.8, 4) is 0 Å². The lowest BCUT2D eigenvalue weighted by Crippen LogP contribution is -2.29. The number of nitrogens with one attached hydrogen (secondary N) is 2. The maximum absolute atomic E-state index is 11.7. The largest absolute Gasteiger partial charge is 0.315 e. The molecule has 0 amide bonds. The smallest absolute Gasteiger partial charge is 0.238 e. The molecule has 1 fully saturated rings. The van der Waals surface area contributed by atoms with Crippen LogP contribution < -0.4 is 10.0 Å². The van der Waals surface area contributed by atoms with Crippen molar-refractivity contribution in [3.63, 3.8) is 0 Å². The Hall–Kier alpha value is -0.800. The molecule has 2 N–H and O–H groups in total. The van der Waals surface area contributed by atoms with Crippen LogP contribution in [-0.2, 0) is 10.0 Å². The van der Waals surface area contributed by atoms with Crippen molar-refractivity contribution in [2.45, 2.75) is 11.7 Å². The molecular weight excluding hydrogens is 226 g/mol. The monoisotopic (exact) mass is 235 g/mol. The van der Waals surface area contributed by atoms with Crippen LogP contribution in [-0.4, -0.2) is 41.6 Å². The Morgan fingerprint density at radius 1 is 1.57 bits per heavy atom. The Bertz CT molecular complexity index is 382. The molecule has 0 bridgehead atoms. The van der Waals surface area contributed by atoms with E-state index < -0.39 is 10.0 Å². The highest BCUT2D eigenvalue weighted by atomic mass is 32.2. The zero-order valence-electron chi connectivity index (χ0n) is 7.17. The van der Waals surface area contributed by atoms with E-state index in [1.165, 1.54) is 0 Å². The van der Waals surface area contributed by atoms with Gasteiger partial charge in [-0.3, -0.25) is 4.72 Å². The normalized spacial score (nSPS) is 22.4. The van der Waals surface area contributed by atoms with E-state index in [1.807, 2.05) is 0 Å². The van der Waals surface area contributed by atoms with Crippen molar-refractivity contribution in [1.29, 1.82) is 0 Å². The highest BCUT2D eigenvalue weighted by molar-refractivity contribution is 7.93. The second kappa shape index (κ2) is 3.75. The summed E-state index contributed by atoms with van der Waals surface area (Å²) in [6.45, 7) is 1.22. The van der Waals surface area contributed by atoms with Crippen molar-refractivity contribution in [2.24, 2.45) is 0 Å². The molecule has 0 radical (unpaired) electrons. The van der Waals surface area contributed by atoms with Gasteiger partial charge in [0.25, 0.3) is 0 Å². The summed E-state index contributed by atoms with van der Waals surface area (Å²) in [5, 5.41) is 9.66. The highest BCUT2D eigenvalue weighted by Crippen LogP contribution is 2.14. The van der Waals surface area contributed by atoms with Gasteiger partial charge >= 0.3 is 0 Å². The van der Waals surface area contributed by atoms with Gasteiger partial charge < -0.3 is 5.32 Å². The Labute approximate surface area is 85.1 Å². The molecule has 0 aliphatic carbocycles. The van der Waals surface area contributed by atoms with Crippen LogP contribution in [0.15, 0.2) is 0 Å². The summed E-state index contributed by atoms with van der Waals surface area (Å²) in [6, 6.07) is 0. The number of hydrogen-bond donors (Lipinski definition) is 2. The van der Waals surface area contributed by atoms with E-state index in [9.17, 15) is 8.42 Å². The average Bonchev–Trinajstić information content (AvgIpc) is 2.71. The third-order valence-corrected chi connectivity index (χ3v) is 4.38. The summed E-state index contributed by atoms with van der Waals surface area (Å²) in [5.74, 6) is 0. The molecule has 0 saturated carbocycles. The second-order valence-electron chi connectivity index (χ2n) is 2.93. The van der Waals surface area contributed by atoms with Gasteiger partial charge in [-0.2, -0.15) is 0 Å². The first-order valence-corrected chi connectivity index (χ1v) is 6.38. The zero-order valence-corrected chi connectivity index (χ0v) is 8.81. The van der Waals surface area contributed by atoms with Gasteiger partial charge in [-0.25, -0.2) is 8.42 Å². The quantitative estimate of drug-likeness (QED) is 0.700. The summed E-state index contributed by atoms with van der Waals surface area (Å²) < 4.78 is 29.1. The first kappa shape index (κ1) is 9.74. The van der Waals surface area contributed by atoms with Gasteiger partial charge in [0.15, 0.2) is 0 Å². The Balaban J connectivity index is 2.09. The van der Waals surface area contributed by atoms with Gasteiger partial charge in [0.2, 0.25) is 15.2 Å². The molecule has 1 unspecified atom stereocenters. The van der Waals surface area contributed by atoms with Gasteiger partial charge in [-0.1, -0.05) is 9.59 Å². The van der Waals surface area contributed by atoms with E-state index in [1.54, 1.807) is 0 Å². The summed E-state index contributed by atoms with van der Waals surface area (Å²) in [6.07, 6.45) is 0.627. The van der Waals surface area contributed by atoms with Crippen LogP contribution in [0.1, 0.15) is 6.42 Å². The summed E-state index contributed by atoms with van der Waals surface area (Å²) >= 11 is 0.926. The minimum atomic E-state index is -3.33. The molecule has 0 spiro atoms. The Morgan fingerprint density at radius 2 is 2.43 bits per heavy atom. The molecule has 7 nitrogen and oxygen atoms in total. The van der Waals surface area contributed by atoms with Crippen molar-refractivity contribution in [2.75, 3.05) is 17.8 Å². The van der Waals surface area contributed by atoms with Crippen molar-refractivity contribution < 1.29 is 8.42 Å². The molecule has 1 aliphatic heterocycles. The summed E-state index contributed by atoms with van der Waals surface area (Å²) in [5.41, 5.74) is 0.